The van der Waals surface area contributed by atoms with E-state index in [1.54, 1.807) is 12.1 Å². The van der Waals surface area contributed by atoms with E-state index in [9.17, 15) is 9.59 Å². The third kappa shape index (κ3) is 4.15. The van der Waals surface area contributed by atoms with Crippen LogP contribution in [-0.2, 0) is 4.74 Å². The lowest BCUT2D eigenvalue weighted by atomic mass is 9.53. The van der Waals surface area contributed by atoms with Gasteiger partial charge in [-0.15, -0.1) is 0 Å². The SMILES string of the molecule is O=C(NC1CCC(OC(=O)c2ccccc2)CC1)NC12CC3CC(CC(C3)C1)C2. The third-order valence-corrected chi connectivity index (χ3v) is 7.71. The smallest absolute Gasteiger partial charge is 0.338 e. The second-order valence-corrected chi connectivity index (χ2v) is 10.0. The maximum atomic E-state index is 12.7. The molecule has 1 aromatic carbocycles. The first-order chi connectivity index (χ1) is 14.1. The molecule has 5 aliphatic carbocycles. The van der Waals surface area contributed by atoms with E-state index in [2.05, 4.69) is 10.6 Å². The number of urea groups is 1. The first-order valence-corrected chi connectivity index (χ1v) is 11.4. The van der Waals surface area contributed by atoms with Gasteiger partial charge >= 0.3 is 12.0 Å². The molecule has 5 nitrogen and oxygen atoms in total. The van der Waals surface area contributed by atoms with Gasteiger partial charge in [-0.25, -0.2) is 9.59 Å². The van der Waals surface area contributed by atoms with Crippen molar-refractivity contribution in [1.82, 2.24) is 10.6 Å². The van der Waals surface area contributed by atoms with Gasteiger partial charge < -0.3 is 15.4 Å². The third-order valence-electron chi connectivity index (χ3n) is 7.71. The summed E-state index contributed by atoms with van der Waals surface area (Å²) < 4.78 is 5.65. The molecule has 1 aromatic rings. The molecule has 6 rings (SSSR count). The lowest BCUT2D eigenvalue weighted by Crippen LogP contribution is -2.62. The van der Waals surface area contributed by atoms with E-state index in [1.807, 2.05) is 18.2 Å². The highest BCUT2D eigenvalue weighted by Gasteiger charge is 2.51. The molecule has 5 saturated carbocycles. The Labute approximate surface area is 173 Å². The number of hydrogen-bond donors (Lipinski definition) is 2. The molecule has 5 aliphatic rings. The van der Waals surface area contributed by atoms with Crippen molar-refractivity contribution in [3.8, 4) is 0 Å². The summed E-state index contributed by atoms with van der Waals surface area (Å²) in [5.41, 5.74) is 0.657. The Morgan fingerprint density at radius 3 is 2.03 bits per heavy atom. The lowest BCUT2D eigenvalue weighted by molar-refractivity contribution is -0.0139. The number of amides is 2. The number of benzene rings is 1. The van der Waals surface area contributed by atoms with Crippen LogP contribution in [0.2, 0.25) is 0 Å². The molecule has 156 valence electrons. The Kier molecular flexibility index (Phi) is 5.00. The molecule has 0 unspecified atom stereocenters. The molecule has 5 fully saturated rings. The van der Waals surface area contributed by atoms with E-state index in [1.165, 1.54) is 38.5 Å². The molecule has 0 spiro atoms. The van der Waals surface area contributed by atoms with Gasteiger partial charge in [0.15, 0.2) is 0 Å². The Bertz CT molecular complexity index is 719. The fourth-order valence-electron chi connectivity index (χ4n) is 6.84. The molecule has 0 atom stereocenters. The molecule has 5 heteroatoms. The molecule has 0 aliphatic heterocycles. The van der Waals surface area contributed by atoms with Gasteiger partial charge in [-0.2, -0.15) is 0 Å². The highest BCUT2D eigenvalue weighted by molar-refractivity contribution is 5.89. The van der Waals surface area contributed by atoms with Crippen LogP contribution in [0.3, 0.4) is 0 Å². The van der Waals surface area contributed by atoms with Crippen LogP contribution in [0.4, 0.5) is 4.79 Å². The van der Waals surface area contributed by atoms with E-state index in [4.69, 9.17) is 4.74 Å². The normalized spacial score (nSPS) is 37.7. The summed E-state index contributed by atoms with van der Waals surface area (Å²) in [5.74, 6) is 2.24. The number of nitrogens with one attached hydrogen (secondary N) is 2. The number of rotatable bonds is 4. The topological polar surface area (TPSA) is 67.4 Å². The van der Waals surface area contributed by atoms with Crippen molar-refractivity contribution in [3.63, 3.8) is 0 Å². The zero-order valence-corrected chi connectivity index (χ0v) is 17.1. The van der Waals surface area contributed by atoms with Crippen molar-refractivity contribution in [1.29, 1.82) is 0 Å². The standard InChI is InChI=1S/C24H32N2O3/c27-22(19-4-2-1-3-5-19)29-21-8-6-20(7-9-21)25-23(28)26-24-13-16-10-17(14-24)12-18(11-16)15-24/h1-5,16-18,20-21H,6-15H2,(H2,25,26,28). The lowest BCUT2D eigenvalue weighted by Gasteiger charge is -2.56. The van der Waals surface area contributed by atoms with Crippen LogP contribution in [0.1, 0.15) is 74.6 Å². The average Bonchev–Trinajstić information content (AvgIpc) is 2.68. The maximum Gasteiger partial charge on any atom is 0.338 e. The number of esters is 1. The summed E-state index contributed by atoms with van der Waals surface area (Å²) in [6.45, 7) is 0. The summed E-state index contributed by atoms with van der Waals surface area (Å²) in [4.78, 5) is 25.0. The molecule has 0 saturated heterocycles. The second kappa shape index (κ2) is 7.66. The quantitative estimate of drug-likeness (QED) is 0.740. The minimum atomic E-state index is -0.249. The van der Waals surface area contributed by atoms with Crippen LogP contribution in [-0.4, -0.2) is 29.7 Å². The summed E-state index contributed by atoms with van der Waals surface area (Å²) >= 11 is 0. The Morgan fingerprint density at radius 2 is 1.45 bits per heavy atom. The predicted octanol–water partition coefficient (Wildman–Crippen LogP) is 4.42. The first kappa shape index (κ1) is 19.0. The zero-order valence-electron chi connectivity index (χ0n) is 17.1. The van der Waals surface area contributed by atoms with Crippen LogP contribution in [0.15, 0.2) is 30.3 Å². The molecule has 0 aromatic heterocycles. The number of carbonyl (C=O) groups is 2. The van der Waals surface area contributed by atoms with E-state index in [0.717, 1.165) is 43.4 Å². The maximum absolute atomic E-state index is 12.7. The van der Waals surface area contributed by atoms with Gasteiger partial charge in [0.1, 0.15) is 6.10 Å². The number of carbonyl (C=O) groups excluding carboxylic acids is 2. The fourth-order valence-corrected chi connectivity index (χ4v) is 6.84. The van der Waals surface area contributed by atoms with E-state index in [-0.39, 0.29) is 29.7 Å². The minimum Gasteiger partial charge on any atom is -0.459 e. The van der Waals surface area contributed by atoms with Gasteiger partial charge in [0.05, 0.1) is 5.56 Å². The summed E-state index contributed by atoms with van der Waals surface area (Å²) in [6, 6.07) is 9.34. The monoisotopic (exact) mass is 396 g/mol. The Hall–Kier alpha value is -2.04. The molecule has 4 bridgehead atoms. The molecule has 0 heterocycles. The van der Waals surface area contributed by atoms with E-state index in [0.29, 0.717) is 5.56 Å². The summed E-state index contributed by atoms with van der Waals surface area (Å²) in [6.07, 6.45) is 11.0. The predicted molar refractivity (Wildman–Crippen MR) is 110 cm³/mol. The highest BCUT2D eigenvalue weighted by Crippen LogP contribution is 2.55. The molecule has 0 radical (unpaired) electrons. The van der Waals surface area contributed by atoms with Gasteiger partial charge in [-0.1, -0.05) is 18.2 Å². The number of ether oxygens (including phenoxy) is 1. The minimum absolute atomic E-state index is 0.0108. The van der Waals surface area contributed by atoms with Crippen LogP contribution in [0.5, 0.6) is 0 Å². The van der Waals surface area contributed by atoms with E-state index >= 15 is 0 Å². The zero-order chi connectivity index (χ0) is 19.8. The van der Waals surface area contributed by atoms with Gasteiger partial charge in [0, 0.05) is 11.6 Å². The van der Waals surface area contributed by atoms with Crippen molar-refractivity contribution < 1.29 is 14.3 Å². The van der Waals surface area contributed by atoms with Gasteiger partial charge in [-0.3, -0.25) is 0 Å². The van der Waals surface area contributed by atoms with Crippen molar-refractivity contribution in [2.45, 2.75) is 81.9 Å². The van der Waals surface area contributed by atoms with Crippen LogP contribution >= 0.6 is 0 Å². The van der Waals surface area contributed by atoms with Gasteiger partial charge in [0.2, 0.25) is 0 Å². The Morgan fingerprint density at radius 1 is 0.862 bits per heavy atom. The summed E-state index contributed by atoms with van der Waals surface area (Å²) in [5, 5.41) is 6.61. The molecule has 2 N–H and O–H groups in total. The molecule has 29 heavy (non-hydrogen) atoms. The number of hydrogen-bond acceptors (Lipinski definition) is 3. The average molecular weight is 397 g/mol. The second-order valence-electron chi connectivity index (χ2n) is 10.0. The summed E-state index contributed by atoms with van der Waals surface area (Å²) in [7, 11) is 0. The van der Waals surface area contributed by atoms with Gasteiger partial charge in [-0.05, 0) is 94.1 Å². The largest absolute Gasteiger partial charge is 0.459 e. The van der Waals surface area contributed by atoms with Crippen LogP contribution in [0, 0.1) is 17.8 Å². The van der Waals surface area contributed by atoms with Crippen molar-refractivity contribution in [2.24, 2.45) is 17.8 Å². The van der Waals surface area contributed by atoms with Crippen molar-refractivity contribution >= 4 is 12.0 Å². The van der Waals surface area contributed by atoms with Crippen molar-refractivity contribution in [3.05, 3.63) is 35.9 Å². The molecule has 2 amide bonds. The van der Waals surface area contributed by atoms with Crippen LogP contribution in [0.25, 0.3) is 0 Å². The fraction of sp³-hybridized carbons (Fsp3) is 0.667. The molecular weight excluding hydrogens is 364 g/mol. The van der Waals surface area contributed by atoms with Crippen molar-refractivity contribution in [2.75, 3.05) is 0 Å². The van der Waals surface area contributed by atoms with E-state index < -0.39 is 0 Å². The highest BCUT2D eigenvalue weighted by atomic mass is 16.5. The first-order valence-electron chi connectivity index (χ1n) is 11.4. The Balaban J connectivity index is 1.08. The molecular formula is C24H32N2O3. The van der Waals surface area contributed by atoms with Crippen LogP contribution < -0.4 is 10.6 Å². The van der Waals surface area contributed by atoms with Gasteiger partial charge in [0.25, 0.3) is 0 Å².